The number of rotatable bonds is 5. The van der Waals surface area contributed by atoms with Crippen LogP contribution in [0.5, 0.6) is 0 Å². The van der Waals surface area contributed by atoms with Crippen LogP contribution in [0, 0.1) is 0 Å². The third kappa shape index (κ3) is 5.97. The lowest BCUT2D eigenvalue weighted by Gasteiger charge is -2.06. The van der Waals surface area contributed by atoms with Crippen LogP contribution in [0.15, 0.2) is 4.99 Å². The number of hydrogen-bond acceptors (Lipinski definition) is 2. The quantitative estimate of drug-likeness (QED) is 0.407. The van der Waals surface area contributed by atoms with Gasteiger partial charge in [0.2, 0.25) is 0 Å². The molecule has 0 saturated carbocycles. The highest BCUT2D eigenvalue weighted by atomic mass is 16.3. The summed E-state index contributed by atoms with van der Waals surface area (Å²) in [5.74, 6) is 0.410. The lowest BCUT2D eigenvalue weighted by molar-refractivity contribution is 0.172. The van der Waals surface area contributed by atoms with Crippen molar-refractivity contribution in [3.05, 3.63) is 0 Å². The number of nitrogens with zero attached hydrogens (tertiary/aromatic N) is 1. The van der Waals surface area contributed by atoms with Crippen LogP contribution in [-0.2, 0) is 0 Å². The second-order valence-corrected chi connectivity index (χ2v) is 2.70. The minimum atomic E-state index is -0.354. The summed E-state index contributed by atoms with van der Waals surface area (Å²) in [7, 11) is 0. The molecule has 0 aliphatic carbocycles. The zero-order valence-corrected chi connectivity index (χ0v) is 7.88. The van der Waals surface area contributed by atoms with Gasteiger partial charge >= 0.3 is 0 Å². The van der Waals surface area contributed by atoms with Crippen molar-refractivity contribution in [3.8, 4) is 0 Å². The van der Waals surface area contributed by atoms with E-state index < -0.39 is 0 Å². The van der Waals surface area contributed by atoms with Crippen LogP contribution in [0.1, 0.15) is 26.7 Å². The zero-order valence-electron chi connectivity index (χ0n) is 7.88. The second kappa shape index (κ2) is 6.91. The summed E-state index contributed by atoms with van der Waals surface area (Å²) in [6.45, 7) is 5.14. The van der Waals surface area contributed by atoms with Crippen molar-refractivity contribution in [3.63, 3.8) is 0 Å². The Balaban J connectivity index is 3.55. The Hall–Kier alpha value is -0.770. The van der Waals surface area contributed by atoms with Crippen molar-refractivity contribution in [1.82, 2.24) is 5.32 Å². The molecule has 0 spiro atoms. The van der Waals surface area contributed by atoms with Crippen LogP contribution in [0.25, 0.3) is 0 Å². The van der Waals surface area contributed by atoms with Gasteiger partial charge in [-0.2, -0.15) is 0 Å². The predicted octanol–water partition coefficient (Wildman–Crippen LogP) is 0.0716. The Bertz CT molecular complexity index is 136. The molecule has 0 saturated heterocycles. The number of nitrogens with two attached hydrogens (primary N) is 1. The van der Waals surface area contributed by atoms with Crippen LogP contribution in [-0.4, -0.2) is 30.3 Å². The van der Waals surface area contributed by atoms with E-state index in [0.29, 0.717) is 12.5 Å². The Morgan fingerprint density at radius 3 is 2.75 bits per heavy atom. The van der Waals surface area contributed by atoms with Crippen LogP contribution >= 0.6 is 0 Å². The van der Waals surface area contributed by atoms with Crippen molar-refractivity contribution < 1.29 is 5.11 Å². The molecule has 1 unspecified atom stereocenters. The van der Waals surface area contributed by atoms with E-state index in [4.69, 9.17) is 5.73 Å². The van der Waals surface area contributed by atoms with E-state index in [1.807, 2.05) is 13.8 Å². The molecule has 4 nitrogen and oxygen atoms in total. The highest BCUT2D eigenvalue weighted by Crippen LogP contribution is 1.95. The van der Waals surface area contributed by atoms with Gasteiger partial charge in [-0.25, -0.2) is 0 Å². The molecule has 0 aromatic carbocycles. The molecule has 0 aliphatic heterocycles. The van der Waals surface area contributed by atoms with E-state index in [1.165, 1.54) is 0 Å². The summed E-state index contributed by atoms with van der Waals surface area (Å²) < 4.78 is 0. The van der Waals surface area contributed by atoms with Gasteiger partial charge in [0.05, 0.1) is 12.6 Å². The summed E-state index contributed by atoms with van der Waals surface area (Å²) in [5.41, 5.74) is 5.46. The third-order valence-corrected chi connectivity index (χ3v) is 1.45. The van der Waals surface area contributed by atoms with Gasteiger partial charge in [0.1, 0.15) is 0 Å². The first kappa shape index (κ1) is 11.2. The van der Waals surface area contributed by atoms with Crippen LogP contribution in [0.4, 0.5) is 0 Å². The van der Waals surface area contributed by atoms with Crippen LogP contribution in [0.3, 0.4) is 0 Å². The molecule has 72 valence electrons. The number of aliphatic hydroxyl groups excluding tert-OH is 1. The normalized spacial score (nSPS) is 14.4. The van der Waals surface area contributed by atoms with E-state index in [9.17, 15) is 5.11 Å². The van der Waals surface area contributed by atoms with Gasteiger partial charge in [0, 0.05) is 6.54 Å². The first-order valence-electron chi connectivity index (χ1n) is 4.42. The molecule has 0 amide bonds. The highest BCUT2D eigenvalue weighted by molar-refractivity contribution is 5.77. The summed E-state index contributed by atoms with van der Waals surface area (Å²) in [5, 5.41) is 12.1. The first-order chi connectivity index (χ1) is 5.70. The minimum Gasteiger partial charge on any atom is -0.391 e. The molecule has 12 heavy (non-hydrogen) atoms. The average Bonchev–Trinajstić information content (AvgIpc) is 2.02. The minimum absolute atomic E-state index is 0.354. The fourth-order valence-electron chi connectivity index (χ4n) is 0.865. The van der Waals surface area contributed by atoms with Gasteiger partial charge in [-0.15, -0.1) is 0 Å². The molecular weight excluding hydrogens is 154 g/mol. The van der Waals surface area contributed by atoms with Gasteiger partial charge in [-0.1, -0.05) is 13.3 Å². The van der Waals surface area contributed by atoms with Crippen molar-refractivity contribution in [2.24, 2.45) is 10.7 Å². The topological polar surface area (TPSA) is 70.6 Å². The molecule has 0 fully saturated rings. The van der Waals surface area contributed by atoms with Gasteiger partial charge in [0.15, 0.2) is 5.96 Å². The maximum Gasteiger partial charge on any atom is 0.188 e. The zero-order chi connectivity index (χ0) is 9.40. The van der Waals surface area contributed by atoms with E-state index in [1.54, 1.807) is 0 Å². The van der Waals surface area contributed by atoms with Gasteiger partial charge in [-0.05, 0) is 13.3 Å². The Morgan fingerprint density at radius 1 is 1.58 bits per heavy atom. The largest absolute Gasteiger partial charge is 0.391 e. The summed E-state index contributed by atoms with van der Waals surface area (Å²) >= 11 is 0. The number of guanidine groups is 1. The van der Waals surface area contributed by atoms with E-state index >= 15 is 0 Å². The Morgan fingerprint density at radius 2 is 2.25 bits per heavy atom. The Kier molecular flexibility index (Phi) is 6.47. The van der Waals surface area contributed by atoms with Gasteiger partial charge in [-0.3, -0.25) is 4.99 Å². The fourth-order valence-corrected chi connectivity index (χ4v) is 0.865. The monoisotopic (exact) mass is 173 g/mol. The molecule has 0 bridgehead atoms. The third-order valence-electron chi connectivity index (χ3n) is 1.45. The molecule has 0 aromatic heterocycles. The molecular formula is C8H19N3O. The molecule has 0 rings (SSSR count). The first-order valence-corrected chi connectivity index (χ1v) is 4.42. The Labute approximate surface area is 73.9 Å². The lowest BCUT2D eigenvalue weighted by Crippen LogP contribution is -2.32. The SMILES string of the molecule is CCCC(O)CN=C(N)NCC. The summed E-state index contributed by atoms with van der Waals surface area (Å²) in [6.07, 6.45) is 1.40. The van der Waals surface area contributed by atoms with E-state index in [-0.39, 0.29) is 6.10 Å². The van der Waals surface area contributed by atoms with Gasteiger partial charge in [0.25, 0.3) is 0 Å². The van der Waals surface area contributed by atoms with Crippen LogP contribution < -0.4 is 11.1 Å². The maximum absolute atomic E-state index is 9.28. The molecule has 0 radical (unpaired) electrons. The summed E-state index contributed by atoms with van der Waals surface area (Å²) in [4.78, 5) is 3.97. The average molecular weight is 173 g/mol. The van der Waals surface area contributed by atoms with Crippen molar-refractivity contribution in [2.45, 2.75) is 32.8 Å². The molecule has 1 atom stereocenters. The second-order valence-electron chi connectivity index (χ2n) is 2.70. The maximum atomic E-state index is 9.28. The molecule has 4 heteroatoms. The fraction of sp³-hybridized carbons (Fsp3) is 0.875. The van der Waals surface area contributed by atoms with Crippen molar-refractivity contribution >= 4 is 5.96 Å². The molecule has 0 aliphatic rings. The van der Waals surface area contributed by atoms with Crippen LogP contribution in [0.2, 0.25) is 0 Å². The van der Waals surface area contributed by atoms with E-state index in [2.05, 4.69) is 10.3 Å². The number of aliphatic imine (C=N–C) groups is 1. The number of nitrogens with one attached hydrogen (secondary N) is 1. The van der Waals surface area contributed by atoms with Crippen molar-refractivity contribution in [2.75, 3.05) is 13.1 Å². The smallest absolute Gasteiger partial charge is 0.188 e. The highest BCUT2D eigenvalue weighted by Gasteiger charge is 2.00. The molecule has 4 N–H and O–H groups in total. The summed E-state index contributed by atoms with van der Waals surface area (Å²) in [6, 6.07) is 0. The van der Waals surface area contributed by atoms with Crippen molar-refractivity contribution in [1.29, 1.82) is 0 Å². The van der Waals surface area contributed by atoms with Gasteiger partial charge < -0.3 is 16.2 Å². The van der Waals surface area contributed by atoms with E-state index in [0.717, 1.165) is 19.4 Å². The molecule has 0 aromatic rings. The number of aliphatic hydroxyl groups is 1. The standard InChI is InChI=1S/C8H19N3O/c1-3-5-7(12)6-11-8(9)10-4-2/h7,12H,3-6H2,1-2H3,(H3,9,10,11). The number of hydrogen-bond donors (Lipinski definition) is 3. The predicted molar refractivity (Wildman–Crippen MR) is 51.1 cm³/mol. The lowest BCUT2D eigenvalue weighted by atomic mass is 10.2. The molecule has 0 heterocycles.